The molecule has 0 saturated carbocycles. The Morgan fingerprint density at radius 2 is 1.28 bits per heavy atom. The number of phenolic OH excluding ortho intramolecular Hbond substituents is 2. The molecule has 0 heterocycles. The standard InChI is InChI=1S/C34H29Cl4FN2O4S/c1-2-3-4-5-6-7-14-46-34-25-17(31(43)27-26(33(25)45)24(42)16-22(39)32(27)44)15-23(40-28-18(35)10-8-11-19(28)36)30(34)41-29-20(37)12-9-13-21(29)38/h8-13,15-16,40-42,44H,2-7,14H2,1H3. The van der Waals surface area contributed by atoms with Crippen LogP contribution in [0.4, 0.5) is 27.1 Å². The van der Waals surface area contributed by atoms with Crippen molar-refractivity contribution in [2.45, 2.75) is 50.3 Å². The molecule has 0 amide bonds. The molecule has 0 saturated heterocycles. The number of halogens is 5. The average molecular weight is 722 g/mol. The zero-order valence-corrected chi connectivity index (χ0v) is 28.4. The van der Waals surface area contributed by atoms with Crippen LogP contribution in [0.5, 0.6) is 11.5 Å². The number of anilines is 4. The SMILES string of the molecule is CCCCCCCCSc1c(Nc2c(Cl)cccc2Cl)c(Nc2c(Cl)cccc2Cl)cc2c1C(=O)c1c(O)cc(F)c(O)c1C2=O. The van der Waals surface area contributed by atoms with E-state index in [-0.39, 0.29) is 26.9 Å². The maximum absolute atomic E-state index is 14.5. The summed E-state index contributed by atoms with van der Waals surface area (Å²) in [5.41, 5.74) is 0.0791. The van der Waals surface area contributed by atoms with E-state index in [1.54, 1.807) is 36.4 Å². The van der Waals surface area contributed by atoms with Gasteiger partial charge in [-0.25, -0.2) is 4.39 Å². The summed E-state index contributed by atoms with van der Waals surface area (Å²) < 4.78 is 14.5. The lowest BCUT2D eigenvalue weighted by molar-refractivity contribution is 0.0971. The molecule has 46 heavy (non-hydrogen) atoms. The zero-order valence-electron chi connectivity index (χ0n) is 24.6. The van der Waals surface area contributed by atoms with Crippen LogP contribution in [0.3, 0.4) is 0 Å². The van der Waals surface area contributed by atoms with E-state index in [0.717, 1.165) is 38.5 Å². The number of carbonyl (C=O) groups is 2. The van der Waals surface area contributed by atoms with Gasteiger partial charge < -0.3 is 20.8 Å². The monoisotopic (exact) mass is 720 g/mol. The number of fused-ring (bicyclic) bond motifs is 2. The molecular formula is C34H29Cl4FN2O4S. The Balaban J connectivity index is 1.74. The Bertz CT molecular complexity index is 1810. The first-order chi connectivity index (χ1) is 22.0. The maximum Gasteiger partial charge on any atom is 0.199 e. The van der Waals surface area contributed by atoms with Crippen LogP contribution in [-0.2, 0) is 0 Å². The van der Waals surface area contributed by atoms with E-state index in [9.17, 15) is 24.2 Å². The zero-order chi connectivity index (χ0) is 33.1. The van der Waals surface area contributed by atoms with Crippen molar-refractivity contribution in [2.75, 3.05) is 16.4 Å². The fourth-order valence-electron chi connectivity index (χ4n) is 5.32. The van der Waals surface area contributed by atoms with E-state index in [1.165, 1.54) is 17.8 Å². The van der Waals surface area contributed by atoms with Crippen molar-refractivity contribution in [3.63, 3.8) is 0 Å². The average Bonchev–Trinajstić information content (AvgIpc) is 3.01. The molecule has 1 aliphatic rings. The van der Waals surface area contributed by atoms with Gasteiger partial charge in [-0.05, 0) is 42.5 Å². The first-order valence-corrected chi connectivity index (χ1v) is 17.1. The molecule has 0 aliphatic heterocycles. The van der Waals surface area contributed by atoms with Gasteiger partial charge in [0.1, 0.15) is 5.75 Å². The predicted molar refractivity (Wildman–Crippen MR) is 187 cm³/mol. The number of rotatable bonds is 12. The Kier molecular flexibility index (Phi) is 11.0. The van der Waals surface area contributed by atoms with E-state index < -0.39 is 40.0 Å². The largest absolute Gasteiger partial charge is 0.507 e. The molecule has 0 spiro atoms. The quantitative estimate of drug-likeness (QED) is 0.0578. The lowest BCUT2D eigenvalue weighted by Gasteiger charge is -2.27. The summed E-state index contributed by atoms with van der Waals surface area (Å²) in [7, 11) is 0. The molecule has 0 atom stereocenters. The van der Waals surface area contributed by atoms with Gasteiger partial charge in [0, 0.05) is 22.1 Å². The summed E-state index contributed by atoms with van der Waals surface area (Å²) in [6, 6.07) is 11.9. The molecule has 0 bridgehead atoms. The van der Waals surface area contributed by atoms with Crippen molar-refractivity contribution in [1.29, 1.82) is 0 Å². The number of aromatic hydroxyl groups is 2. The van der Waals surface area contributed by atoms with Crippen LogP contribution in [0.25, 0.3) is 0 Å². The minimum absolute atomic E-state index is 0.0173. The minimum Gasteiger partial charge on any atom is -0.507 e. The number of benzene rings is 4. The summed E-state index contributed by atoms with van der Waals surface area (Å²) >= 11 is 27.5. The van der Waals surface area contributed by atoms with Crippen LogP contribution in [0, 0.1) is 5.82 Å². The topological polar surface area (TPSA) is 98.7 Å². The van der Waals surface area contributed by atoms with Gasteiger partial charge in [0.25, 0.3) is 0 Å². The number of ketones is 2. The summed E-state index contributed by atoms with van der Waals surface area (Å²) in [5.74, 6) is -4.02. The van der Waals surface area contributed by atoms with Crippen molar-refractivity contribution in [1.82, 2.24) is 0 Å². The lowest BCUT2D eigenvalue weighted by Crippen LogP contribution is -2.23. The van der Waals surface area contributed by atoms with Crippen molar-refractivity contribution < 1.29 is 24.2 Å². The fraction of sp³-hybridized carbons (Fsp3) is 0.235. The Morgan fingerprint density at radius 3 is 1.89 bits per heavy atom. The number of carbonyl (C=O) groups excluding carboxylic acids is 2. The van der Waals surface area contributed by atoms with Gasteiger partial charge in [0.2, 0.25) is 0 Å². The van der Waals surface area contributed by atoms with Gasteiger partial charge in [0.15, 0.2) is 23.1 Å². The second-order valence-electron chi connectivity index (χ2n) is 10.7. The van der Waals surface area contributed by atoms with Gasteiger partial charge in [-0.2, -0.15) is 0 Å². The number of para-hydroxylation sites is 2. The molecule has 4 aromatic carbocycles. The third kappa shape index (κ3) is 6.78. The number of hydrogen-bond acceptors (Lipinski definition) is 7. The molecule has 6 nitrogen and oxygen atoms in total. The van der Waals surface area contributed by atoms with Crippen LogP contribution < -0.4 is 10.6 Å². The first-order valence-electron chi connectivity index (χ1n) is 14.6. The minimum atomic E-state index is -1.23. The molecule has 12 heteroatoms. The van der Waals surface area contributed by atoms with Crippen LogP contribution in [0.2, 0.25) is 20.1 Å². The Labute approximate surface area is 290 Å². The maximum atomic E-state index is 14.5. The number of hydrogen-bond donors (Lipinski definition) is 4. The number of nitrogens with one attached hydrogen (secondary N) is 2. The number of phenols is 2. The predicted octanol–water partition coefficient (Wildman–Crippen LogP) is 11.6. The highest BCUT2D eigenvalue weighted by atomic mass is 35.5. The lowest BCUT2D eigenvalue weighted by atomic mass is 9.82. The Hall–Kier alpha value is -3.14. The summed E-state index contributed by atoms with van der Waals surface area (Å²) in [4.78, 5) is 28.5. The highest BCUT2D eigenvalue weighted by molar-refractivity contribution is 7.99. The van der Waals surface area contributed by atoms with Gasteiger partial charge in [-0.3, -0.25) is 9.59 Å². The second-order valence-corrected chi connectivity index (χ2v) is 13.5. The van der Waals surface area contributed by atoms with Crippen molar-refractivity contribution in [2.24, 2.45) is 0 Å². The highest BCUT2D eigenvalue weighted by Crippen LogP contribution is 2.50. The molecular weight excluding hydrogens is 693 g/mol. The van der Waals surface area contributed by atoms with Crippen molar-refractivity contribution in [3.8, 4) is 11.5 Å². The van der Waals surface area contributed by atoms with Gasteiger partial charge in [-0.1, -0.05) is 97.6 Å². The third-order valence-electron chi connectivity index (χ3n) is 7.62. The molecule has 0 radical (unpaired) electrons. The van der Waals surface area contributed by atoms with Crippen molar-refractivity contribution >= 4 is 92.5 Å². The molecule has 4 aromatic rings. The van der Waals surface area contributed by atoms with Crippen LogP contribution >= 0.6 is 58.2 Å². The smallest absolute Gasteiger partial charge is 0.199 e. The van der Waals surface area contributed by atoms with Gasteiger partial charge >= 0.3 is 0 Å². The molecule has 1 aliphatic carbocycles. The number of thioether (sulfide) groups is 1. The third-order valence-corrected chi connectivity index (χ3v) is 10.1. The van der Waals surface area contributed by atoms with E-state index in [1.807, 2.05) is 0 Å². The molecule has 5 rings (SSSR count). The van der Waals surface area contributed by atoms with Crippen LogP contribution in [-0.4, -0.2) is 27.5 Å². The molecule has 4 N–H and O–H groups in total. The highest BCUT2D eigenvalue weighted by Gasteiger charge is 2.39. The molecule has 240 valence electrons. The van der Waals surface area contributed by atoms with Gasteiger partial charge in [-0.15, -0.1) is 11.8 Å². The molecule has 0 unspecified atom stereocenters. The van der Waals surface area contributed by atoms with E-state index in [2.05, 4.69) is 17.6 Å². The first kappa shape index (κ1) is 34.2. The normalized spacial score (nSPS) is 12.2. The fourth-order valence-corrected chi connectivity index (χ4v) is 7.51. The molecule has 0 fully saturated rings. The summed E-state index contributed by atoms with van der Waals surface area (Å²) in [5, 5.41) is 28.8. The molecule has 0 aromatic heterocycles. The van der Waals surface area contributed by atoms with E-state index >= 15 is 0 Å². The number of unbranched alkanes of at least 4 members (excludes halogenated alkanes) is 5. The second kappa shape index (κ2) is 14.7. The van der Waals surface area contributed by atoms with Gasteiger partial charge in [0.05, 0.1) is 54.0 Å². The van der Waals surface area contributed by atoms with Crippen LogP contribution in [0.15, 0.2) is 53.4 Å². The summed E-state index contributed by atoms with van der Waals surface area (Å²) in [6.07, 6.45) is 6.24. The van der Waals surface area contributed by atoms with Crippen molar-refractivity contribution in [3.05, 3.63) is 96.7 Å². The Morgan fingerprint density at radius 1 is 0.717 bits per heavy atom. The van der Waals surface area contributed by atoms with Crippen LogP contribution in [0.1, 0.15) is 77.3 Å². The van der Waals surface area contributed by atoms with E-state index in [0.29, 0.717) is 43.8 Å². The van der Waals surface area contributed by atoms with E-state index in [4.69, 9.17) is 46.4 Å². The summed E-state index contributed by atoms with van der Waals surface area (Å²) in [6.45, 7) is 2.15.